The van der Waals surface area contributed by atoms with Crippen molar-refractivity contribution in [3.05, 3.63) is 57.9 Å². The van der Waals surface area contributed by atoms with Crippen molar-refractivity contribution in [2.45, 2.75) is 6.92 Å². The first-order chi connectivity index (χ1) is 9.88. The van der Waals surface area contributed by atoms with Crippen molar-refractivity contribution in [3.8, 4) is 5.69 Å². The third-order valence-corrected chi connectivity index (χ3v) is 3.47. The van der Waals surface area contributed by atoms with Crippen LogP contribution in [0.5, 0.6) is 0 Å². The molecule has 0 saturated heterocycles. The van der Waals surface area contributed by atoms with E-state index in [0.717, 1.165) is 12.1 Å². The molecule has 0 bridgehead atoms. The maximum absolute atomic E-state index is 13.5. The highest BCUT2D eigenvalue weighted by molar-refractivity contribution is 7.71. The summed E-state index contributed by atoms with van der Waals surface area (Å²) in [4.78, 5) is 2.75. The summed E-state index contributed by atoms with van der Waals surface area (Å²) in [6.45, 7) is 1.56. The van der Waals surface area contributed by atoms with Gasteiger partial charge in [0, 0.05) is 12.1 Å². The Labute approximate surface area is 121 Å². The lowest BCUT2D eigenvalue weighted by Crippen LogP contribution is -1.99. The maximum atomic E-state index is 13.5. The number of benzene rings is 2. The fraction of sp³-hybridized carbons (Fsp3) is 0.0714. The van der Waals surface area contributed by atoms with Crippen LogP contribution in [-0.2, 0) is 0 Å². The number of hydrogen-bond acceptors (Lipinski definition) is 1. The average molecular weight is 312 g/mol. The number of aryl methyl sites for hydroxylation is 1. The van der Waals surface area contributed by atoms with Crippen molar-refractivity contribution < 1.29 is 17.6 Å². The fourth-order valence-corrected chi connectivity index (χ4v) is 2.47. The second-order valence-corrected chi connectivity index (χ2v) is 4.99. The van der Waals surface area contributed by atoms with Gasteiger partial charge < -0.3 is 4.98 Å². The molecule has 2 nitrogen and oxygen atoms in total. The average Bonchev–Trinajstić information content (AvgIpc) is 2.71. The van der Waals surface area contributed by atoms with Crippen LogP contribution in [-0.4, -0.2) is 9.55 Å². The van der Waals surface area contributed by atoms with E-state index < -0.39 is 23.3 Å². The molecule has 21 heavy (non-hydrogen) atoms. The van der Waals surface area contributed by atoms with E-state index in [1.807, 2.05) is 0 Å². The second kappa shape index (κ2) is 4.70. The van der Waals surface area contributed by atoms with E-state index in [4.69, 9.17) is 12.2 Å². The molecule has 0 aliphatic carbocycles. The summed E-state index contributed by atoms with van der Waals surface area (Å²) >= 11 is 5.09. The number of nitrogens with one attached hydrogen (secondary N) is 1. The zero-order valence-corrected chi connectivity index (χ0v) is 11.5. The Bertz CT molecular complexity index is 904. The smallest absolute Gasteiger partial charge is 0.194 e. The molecular formula is C14H8F4N2S. The molecule has 0 unspecified atom stereocenters. The van der Waals surface area contributed by atoms with Crippen LogP contribution in [0.25, 0.3) is 16.7 Å². The zero-order chi connectivity index (χ0) is 15.3. The number of fused-ring (bicyclic) bond motifs is 1. The zero-order valence-electron chi connectivity index (χ0n) is 10.7. The summed E-state index contributed by atoms with van der Waals surface area (Å²) in [5, 5.41) is 0. The summed E-state index contributed by atoms with van der Waals surface area (Å²) < 4.78 is 54.8. The first-order valence-corrected chi connectivity index (χ1v) is 6.35. The lowest BCUT2D eigenvalue weighted by atomic mass is 10.2. The second-order valence-electron chi connectivity index (χ2n) is 4.61. The van der Waals surface area contributed by atoms with Crippen molar-refractivity contribution in [1.82, 2.24) is 9.55 Å². The molecule has 3 aromatic rings. The Morgan fingerprint density at radius 1 is 0.952 bits per heavy atom. The summed E-state index contributed by atoms with van der Waals surface area (Å²) in [6.07, 6.45) is 0. The molecule has 3 rings (SSSR count). The minimum absolute atomic E-state index is 0.0219. The number of imidazole rings is 1. The molecular weight excluding hydrogens is 304 g/mol. The van der Waals surface area contributed by atoms with Crippen molar-refractivity contribution in [2.24, 2.45) is 0 Å². The summed E-state index contributed by atoms with van der Waals surface area (Å²) in [5.41, 5.74) is 1.21. The van der Waals surface area contributed by atoms with Gasteiger partial charge in [0.05, 0.1) is 16.7 Å². The van der Waals surface area contributed by atoms with Gasteiger partial charge in [-0.2, -0.15) is 0 Å². The summed E-state index contributed by atoms with van der Waals surface area (Å²) in [6, 6.07) is 4.41. The Morgan fingerprint density at radius 3 is 2.19 bits per heavy atom. The van der Waals surface area contributed by atoms with Crippen molar-refractivity contribution in [2.75, 3.05) is 0 Å². The molecule has 2 aromatic carbocycles. The van der Waals surface area contributed by atoms with Gasteiger partial charge in [-0.1, -0.05) is 0 Å². The van der Waals surface area contributed by atoms with Gasteiger partial charge in [-0.15, -0.1) is 0 Å². The van der Waals surface area contributed by atoms with Gasteiger partial charge in [0.2, 0.25) is 0 Å². The molecule has 0 atom stereocenters. The molecule has 108 valence electrons. The number of aromatic amines is 1. The number of hydrogen-bond donors (Lipinski definition) is 1. The van der Waals surface area contributed by atoms with E-state index in [-0.39, 0.29) is 10.5 Å². The molecule has 0 spiro atoms. The Hall–Kier alpha value is -2.15. The molecule has 0 saturated carbocycles. The molecule has 1 N–H and O–H groups in total. The van der Waals surface area contributed by atoms with Gasteiger partial charge in [-0.25, -0.2) is 17.6 Å². The highest BCUT2D eigenvalue weighted by atomic mass is 32.1. The van der Waals surface area contributed by atoms with Gasteiger partial charge in [-0.3, -0.25) is 4.57 Å². The van der Waals surface area contributed by atoms with Crippen molar-refractivity contribution in [3.63, 3.8) is 0 Å². The minimum Gasteiger partial charge on any atom is -0.330 e. The normalized spacial score (nSPS) is 11.3. The van der Waals surface area contributed by atoms with Gasteiger partial charge in [0.15, 0.2) is 22.2 Å². The first kappa shape index (κ1) is 13.8. The molecule has 0 radical (unpaired) electrons. The monoisotopic (exact) mass is 312 g/mol. The van der Waals surface area contributed by atoms with Crippen LogP contribution in [0.15, 0.2) is 24.3 Å². The summed E-state index contributed by atoms with van der Waals surface area (Å²) in [7, 11) is 0. The maximum Gasteiger partial charge on any atom is 0.194 e. The predicted molar refractivity (Wildman–Crippen MR) is 73.0 cm³/mol. The number of rotatable bonds is 1. The van der Waals surface area contributed by atoms with Crippen LogP contribution in [0.3, 0.4) is 0 Å². The summed E-state index contributed by atoms with van der Waals surface area (Å²) in [5.74, 6) is -4.62. The fourth-order valence-electron chi connectivity index (χ4n) is 2.16. The SMILES string of the molecule is Cc1cc2c(cc1F)[nH]c(=S)n2-c1cc(F)c(F)c(F)c1. The number of aromatic nitrogens is 2. The molecule has 0 aliphatic heterocycles. The van der Waals surface area contributed by atoms with Gasteiger partial charge in [0.25, 0.3) is 0 Å². The van der Waals surface area contributed by atoms with E-state index in [0.29, 0.717) is 16.6 Å². The Kier molecular flexibility index (Phi) is 3.09. The number of halogens is 4. The van der Waals surface area contributed by atoms with E-state index >= 15 is 0 Å². The van der Waals surface area contributed by atoms with Crippen LogP contribution in [0.4, 0.5) is 17.6 Å². The minimum atomic E-state index is -1.55. The topological polar surface area (TPSA) is 20.7 Å². The molecule has 0 fully saturated rings. The van der Waals surface area contributed by atoms with Crippen LogP contribution in [0.1, 0.15) is 5.56 Å². The standard InChI is InChI=1S/C14H8F4N2S/c1-6-2-12-11(5-8(6)15)19-14(21)20(12)7-3-9(16)13(18)10(17)4-7/h2-5H,1H3,(H,19,21). The third-order valence-electron chi connectivity index (χ3n) is 3.19. The molecule has 1 heterocycles. The largest absolute Gasteiger partial charge is 0.330 e. The third kappa shape index (κ3) is 2.13. The number of H-pyrrole nitrogens is 1. The van der Waals surface area contributed by atoms with Crippen LogP contribution >= 0.6 is 12.2 Å². The van der Waals surface area contributed by atoms with Gasteiger partial charge in [0.1, 0.15) is 5.82 Å². The van der Waals surface area contributed by atoms with Crippen LogP contribution < -0.4 is 0 Å². The van der Waals surface area contributed by atoms with Crippen molar-refractivity contribution >= 4 is 23.3 Å². The predicted octanol–water partition coefficient (Wildman–Crippen LogP) is 4.55. The van der Waals surface area contributed by atoms with E-state index in [2.05, 4.69) is 4.98 Å². The quantitative estimate of drug-likeness (QED) is 0.397. The highest BCUT2D eigenvalue weighted by Gasteiger charge is 2.15. The van der Waals surface area contributed by atoms with E-state index in [1.165, 1.54) is 16.7 Å². The Balaban J connectivity index is 2.37. The number of nitrogens with zero attached hydrogens (tertiary/aromatic N) is 1. The van der Waals surface area contributed by atoms with Gasteiger partial charge >= 0.3 is 0 Å². The van der Waals surface area contributed by atoms with Crippen LogP contribution in [0.2, 0.25) is 0 Å². The van der Waals surface area contributed by atoms with E-state index in [1.54, 1.807) is 6.92 Å². The first-order valence-electron chi connectivity index (χ1n) is 5.94. The molecule has 7 heteroatoms. The molecule has 0 aliphatic rings. The lowest BCUT2D eigenvalue weighted by Gasteiger charge is -2.07. The van der Waals surface area contributed by atoms with Crippen molar-refractivity contribution in [1.29, 1.82) is 0 Å². The lowest BCUT2D eigenvalue weighted by molar-refractivity contribution is 0.446. The van der Waals surface area contributed by atoms with E-state index in [9.17, 15) is 17.6 Å². The van der Waals surface area contributed by atoms with Gasteiger partial charge in [-0.05, 0) is 36.8 Å². The molecule has 1 aromatic heterocycles. The Morgan fingerprint density at radius 2 is 1.57 bits per heavy atom. The highest BCUT2D eigenvalue weighted by Crippen LogP contribution is 2.24. The van der Waals surface area contributed by atoms with Crippen LogP contribution in [0, 0.1) is 35.0 Å². The molecule has 0 amide bonds.